The van der Waals surface area contributed by atoms with E-state index in [1.165, 1.54) is 24.7 Å². The minimum Gasteiger partial charge on any atom is -0.402 e. The lowest BCUT2D eigenvalue weighted by Crippen LogP contribution is -2.37. The van der Waals surface area contributed by atoms with E-state index in [4.69, 9.17) is 10.2 Å². The van der Waals surface area contributed by atoms with E-state index in [0.717, 1.165) is 4.57 Å². The maximum atomic E-state index is 11.6. The van der Waals surface area contributed by atoms with Crippen molar-refractivity contribution in [2.45, 2.75) is 0 Å². The molecule has 2 aromatic heterocycles. The topological polar surface area (TPSA) is 109 Å². The van der Waals surface area contributed by atoms with E-state index in [2.05, 4.69) is 10.2 Å². The van der Waals surface area contributed by atoms with Gasteiger partial charge in [0.2, 0.25) is 0 Å². The van der Waals surface area contributed by atoms with Gasteiger partial charge in [0.05, 0.1) is 0 Å². The van der Waals surface area contributed by atoms with Crippen LogP contribution in [0.15, 0.2) is 20.1 Å². The summed E-state index contributed by atoms with van der Waals surface area (Å²) in [7, 11) is 2.88. The Labute approximate surface area is 88.9 Å². The van der Waals surface area contributed by atoms with Crippen molar-refractivity contribution in [1.82, 2.24) is 19.3 Å². The maximum Gasteiger partial charge on any atom is 0.331 e. The summed E-state index contributed by atoms with van der Waals surface area (Å²) in [5, 5.41) is 7.06. The molecule has 0 saturated carbocycles. The van der Waals surface area contributed by atoms with E-state index in [-0.39, 0.29) is 17.6 Å². The molecule has 0 aliphatic rings. The number of hydrogen-bond donors (Lipinski definition) is 1. The molecular formula is C8H9N5O3. The number of anilines is 1. The Morgan fingerprint density at radius 2 is 1.94 bits per heavy atom. The monoisotopic (exact) mass is 223 g/mol. The van der Waals surface area contributed by atoms with Gasteiger partial charge in [-0.1, -0.05) is 5.10 Å². The second-order valence-electron chi connectivity index (χ2n) is 3.21. The number of rotatable bonds is 1. The first-order chi connectivity index (χ1) is 7.50. The summed E-state index contributed by atoms with van der Waals surface area (Å²) in [4.78, 5) is 23.0. The zero-order chi connectivity index (χ0) is 11.9. The molecule has 0 fully saturated rings. The molecule has 2 aromatic rings. The van der Waals surface area contributed by atoms with Gasteiger partial charge in [-0.3, -0.25) is 13.9 Å². The number of aromatic nitrogens is 4. The van der Waals surface area contributed by atoms with Gasteiger partial charge in [0.25, 0.3) is 11.4 Å². The molecule has 0 atom stereocenters. The second kappa shape index (κ2) is 3.33. The molecule has 8 heteroatoms. The smallest absolute Gasteiger partial charge is 0.331 e. The normalized spacial score (nSPS) is 10.6. The highest BCUT2D eigenvalue weighted by molar-refractivity contribution is 5.46. The highest BCUT2D eigenvalue weighted by Gasteiger charge is 2.13. The van der Waals surface area contributed by atoms with Gasteiger partial charge < -0.3 is 10.2 Å². The molecular weight excluding hydrogens is 214 g/mol. The van der Waals surface area contributed by atoms with Gasteiger partial charge in [-0.2, -0.15) is 0 Å². The second-order valence-corrected chi connectivity index (χ2v) is 3.21. The molecule has 16 heavy (non-hydrogen) atoms. The van der Waals surface area contributed by atoms with Crippen molar-refractivity contribution in [2.24, 2.45) is 14.1 Å². The van der Waals surface area contributed by atoms with Gasteiger partial charge >= 0.3 is 11.7 Å². The Morgan fingerprint density at radius 3 is 2.50 bits per heavy atom. The molecule has 0 unspecified atom stereocenters. The van der Waals surface area contributed by atoms with Gasteiger partial charge in [-0.05, 0) is 0 Å². The fourth-order valence-corrected chi connectivity index (χ4v) is 1.28. The van der Waals surface area contributed by atoms with Crippen LogP contribution in [-0.4, -0.2) is 19.3 Å². The minimum absolute atomic E-state index is 0.0369. The lowest BCUT2D eigenvalue weighted by Gasteiger charge is -2.04. The molecule has 8 nitrogen and oxygen atoms in total. The van der Waals surface area contributed by atoms with Crippen LogP contribution in [0, 0.1) is 0 Å². The largest absolute Gasteiger partial charge is 0.402 e. The predicted molar refractivity (Wildman–Crippen MR) is 54.6 cm³/mol. The fraction of sp³-hybridized carbons (Fsp3) is 0.250. The van der Waals surface area contributed by atoms with Crippen molar-refractivity contribution >= 4 is 6.01 Å². The molecule has 0 bridgehead atoms. The summed E-state index contributed by atoms with van der Waals surface area (Å²) in [5.41, 5.74) is 4.57. The van der Waals surface area contributed by atoms with Crippen molar-refractivity contribution in [1.29, 1.82) is 0 Å². The standard InChI is InChI=1S/C8H9N5O3/c1-12-4(6-10-11-7(9)16-6)3-5(14)13(2)8(12)15/h3H,1-2H3,(H2,9,11). The van der Waals surface area contributed by atoms with Gasteiger partial charge in [-0.15, -0.1) is 5.10 Å². The lowest BCUT2D eigenvalue weighted by molar-refractivity contribution is 0.576. The van der Waals surface area contributed by atoms with Crippen LogP contribution in [0.3, 0.4) is 0 Å². The minimum atomic E-state index is -0.473. The SMILES string of the molecule is Cn1c(-c2nnc(N)o2)cc(=O)n(C)c1=O. The molecule has 0 radical (unpaired) electrons. The van der Waals surface area contributed by atoms with E-state index < -0.39 is 11.2 Å². The molecule has 0 aromatic carbocycles. The third-order valence-corrected chi connectivity index (χ3v) is 2.19. The number of nitrogens with two attached hydrogens (primary N) is 1. The zero-order valence-electron chi connectivity index (χ0n) is 8.67. The Bertz CT molecular complexity index is 650. The van der Waals surface area contributed by atoms with E-state index >= 15 is 0 Å². The van der Waals surface area contributed by atoms with E-state index in [1.54, 1.807) is 0 Å². The summed E-state index contributed by atoms with van der Waals surface area (Å²) in [6, 6.07) is 1.11. The van der Waals surface area contributed by atoms with Crippen molar-refractivity contribution in [3.05, 3.63) is 26.9 Å². The Hall–Kier alpha value is -2.38. The lowest BCUT2D eigenvalue weighted by atomic mass is 10.4. The molecule has 2 N–H and O–H groups in total. The molecule has 0 aliphatic carbocycles. The first kappa shape index (κ1) is 10.1. The molecule has 2 heterocycles. The Balaban J connectivity index is 2.77. The van der Waals surface area contributed by atoms with Crippen molar-refractivity contribution in [3.8, 4) is 11.6 Å². The third kappa shape index (κ3) is 1.40. The zero-order valence-corrected chi connectivity index (χ0v) is 8.67. The highest BCUT2D eigenvalue weighted by Crippen LogP contribution is 2.14. The molecule has 0 amide bonds. The first-order valence-electron chi connectivity index (χ1n) is 4.37. The number of hydrogen-bond acceptors (Lipinski definition) is 6. The quantitative estimate of drug-likeness (QED) is 0.644. The van der Waals surface area contributed by atoms with Crippen LogP contribution in [0.1, 0.15) is 0 Å². The van der Waals surface area contributed by atoms with Gasteiger partial charge in [0, 0.05) is 20.2 Å². The van der Waals surface area contributed by atoms with Gasteiger partial charge in [0.15, 0.2) is 0 Å². The number of nitrogen functional groups attached to an aromatic ring is 1. The van der Waals surface area contributed by atoms with E-state index in [9.17, 15) is 9.59 Å². The van der Waals surface area contributed by atoms with Crippen molar-refractivity contribution < 1.29 is 4.42 Å². The Kier molecular flexibility index (Phi) is 2.11. The molecule has 0 saturated heterocycles. The molecule has 2 rings (SSSR count). The predicted octanol–water partition coefficient (Wildman–Crippen LogP) is -1.28. The van der Waals surface area contributed by atoms with Crippen LogP contribution in [0.2, 0.25) is 0 Å². The average molecular weight is 223 g/mol. The van der Waals surface area contributed by atoms with E-state index in [1.807, 2.05) is 0 Å². The number of nitrogens with zero attached hydrogens (tertiary/aromatic N) is 4. The summed E-state index contributed by atoms with van der Waals surface area (Å²) in [6.07, 6.45) is 0. The fourth-order valence-electron chi connectivity index (χ4n) is 1.28. The Morgan fingerprint density at radius 1 is 1.25 bits per heavy atom. The summed E-state index contributed by atoms with van der Waals surface area (Å²) in [6.45, 7) is 0. The summed E-state index contributed by atoms with van der Waals surface area (Å²) in [5.74, 6) is 0.0369. The average Bonchev–Trinajstić information content (AvgIpc) is 2.67. The molecule has 0 spiro atoms. The van der Waals surface area contributed by atoms with Crippen LogP contribution >= 0.6 is 0 Å². The van der Waals surface area contributed by atoms with Crippen LogP contribution in [-0.2, 0) is 14.1 Å². The van der Waals surface area contributed by atoms with Crippen LogP contribution in [0.5, 0.6) is 0 Å². The summed E-state index contributed by atoms with van der Waals surface area (Å²) >= 11 is 0. The van der Waals surface area contributed by atoms with Crippen LogP contribution in [0.4, 0.5) is 6.01 Å². The van der Waals surface area contributed by atoms with Crippen LogP contribution < -0.4 is 17.0 Å². The highest BCUT2D eigenvalue weighted by atomic mass is 16.4. The maximum absolute atomic E-state index is 11.6. The van der Waals surface area contributed by atoms with Crippen molar-refractivity contribution in [3.63, 3.8) is 0 Å². The summed E-state index contributed by atoms with van der Waals surface area (Å²) < 4.78 is 7.15. The third-order valence-electron chi connectivity index (χ3n) is 2.19. The van der Waals surface area contributed by atoms with E-state index in [0.29, 0.717) is 0 Å². The molecule has 0 aliphatic heterocycles. The first-order valence-corrected chi connectivity index (χ1v) is 4.37. The van der Waals surface area contributed by atoms with Crippen LogP contribution in [0.25, 0.3) is 11.6 Å². The van der Waals surface area contributed by atoms with Crippen molar-refractivity contribution in [2.75, 3.05) is 5.73 Å². The van der Waals surface area contributed by atoms with Gasteiger partial charge in [-0.25, -0.2) is 4.79 Å². The van der Waals surface area contributed by atoms with Gasteiger partial charge in [0.1, 0.15) is 5.69 Å². The molecule has 84 valence electrons.